The summed E-state index contributed by atoms with van der Waals surface area (Å²) in [6.45, 7) is 0.513. The Labute approximate surface area is 149 Å². The fourth-order valence-corrected chi connectivity index (χ4v) is 2.90. The van der Waals surface area contributed by atoms with Crippen LogP contribution >= 0.6 is 15.9 Å². The zero-order chi connectivity index (χ0) is 16.8. The summed E-state index contributed by atoms with van der Waals surface area (Å²) in [6, 6.07) is 21.6. The summed E-state index contributed by atoms with van der Waals surface area (Å²) in [5.74, 6) is 0.808. The van der Waals surface area contributed by atoms with Crippen molar-refractivity contribution in [3.63, 3.8) is 0 Å². The number of fused-ring (bicyclic) bond motifs is 1. The van der Waals surface area contributed by atoms with Crippen LogP contribution in [0.4, 0.5) is 5.69 Å². The summed E-state index contributed by atoms with van der Waals surface area (Å²) < 4.78 is 6.63. The van der Waals surface area contributed by atoms with E-state index in [2.05, 4.69) is 21.2 Å². The zero-order valence-corrected chi connectivity index (χ0v) is 14.8. The second-order valence-electron chi connectivity index (χ2n) is 5.48. The van der Waals surface area contributed by atoms with Crippen LogP contribution in [0.25, 0.3) is 10.8 Å². The van der Waals surface area contributed by atoms with E-state index in [-0.39, 0.29) is 5.91 Å². The fourth-order valence-electron chi connectivity index (χ4n) is 2.53. The molecule has 24 heavy (non-hydrogen) atoms. The van der Waals surface area contributed by atoms with Gasteiger partial charge in [0.05, 0.1) is 6.61 Å². The highest BCUT2D eigenvalue weighted by molar-refractivity contribution is 9.10. The number of carbonyl (C=O) groups is 1. The Hall–Kier alpha value is -2.33. The van der Waals surface area contributed by atoms with Crippen molar-refractivity contribution in [3.8, 4) is 5.75 Å². The van der Waals surface area contributed by atoms with E-state index in [0.717, 1.165) is 26.7 Å². The third-order valence-electron chi connectivity index (χ3n) is 3.68. The average Bonchev–Trinajstić information content (AvgIpc) is 2.59. The van der Waals surface area contributed by atoms with E-state index in [1.165, 1.54) is 0 Å². The van der Waals surface area contributed by atoms with Crippen molar-refractivity contribution < 1.29 is 9.53 Å². The number of nitrogens with one attached hydrogen (secondary N) is 1. The largest absolute Gasteiger partial charge is 0.494 e. The van der Waals surface area contributed by atoms with Crippen molar-refractivity contribution >= 4 is 38.3 Å². The van der Waals surface area contributed by atoms with E-state index >= 15 is 0 Å². The van der Waals surface area contributed by atoms with E-state index in [1.54, 1.807) is 0 Å². The van der Waals surface area contributed by atoms with Crippen LogP contribution in [-0.4, -0.2) is 12.5 Å². The number of halogens is 1. The van der Waals surface area contributed by atoms with Crippen LogP contribution in [0.15, 0.2) is 71.2 Å². The van der Waals surface area contributed by atoms with Gasteiger partial charge in [0.2, 0.25) is 5.91 Å². The molecule has 0 fully saturated rings. The molecule has 3 aromatic carbocycles. The Morgan fingerprint density at radius 3 is 2.67 bits per heavy atom. The first-order chi connectivity index (χ1) is 11.7. The number of benzene rings is 3. The Balaban J connectivity index is 1.50. The molecule has 0 atom stereocenters. The average molecular weight is 384 g/mol. The van der Waals surface area contributed by atoms with Gasteiger partial charge in [-0.05, 0) is 36.1 Å². The Kier molecular flexibility index (Phi) is 5.49. The maximum Gasteiger partial charge on any atom is 0.224 e. The first-order valence-electron chi connectivity index (χ1n) is 7.88. The summed E-state index contributed by atoms with van der Waals surface area (Å²) >= 11 is 3.41. The monoisotopic (exact) mass is 383 g/mol. The van der Waals surface area contributed by atoms with Gasteiger partial charge in [0.25, 0.3) is 0 Å². The third kappa shape index (κ3) is 4.36. The van der Waals surface area contributed by atoms with E-state index in [4.69, 9.17) is 4.74 Å². The van der Waals surface area contributed by atoms with E-state index < -0.39 is 0 Å². The molecule has 0 saturated heterocycles. The number of amides is 1. The minimum Gasteiger partial charge on any atom is -0.494 e. The molecule has 0 spiro atoms. The van der Waals surface area contributed by atoms with Crippen LogP contribution in [0.5, 0.6) is 5.75 Å². The van der Waals surface area contributed by atoms with Crippen LogP contribution in [0, 0.1) is 0 Å². The standard InChI is InChI=1S/C20H18BrNO2/c21-16-8-4-9-17(14-16)24-13-5-12-20(23)22-19-11-3-7-15-6-1-2-10-18(15)19/h1-4,6-11,14H,5,12-13H2,(H,22,23). The van der Waals surface area contributed by atoms with E-state index in [0.29, 0.717) is 19.4 Å². The summed E-state index contributed by atoms with van der Waals surface area (Å²) in [4.78, 5) is 12.1. The lowest BCUT2D eigenvalue weighted by molar-refractivity contribution is -0.116. The van der Waals surface area contributed by atoms with Crippen LogP contribution in [0.1, 0.15) is 12.8 Å². The lowest BCUT2D eigenvalue weighted by Crippen LogP contribution is -2.13. The summed E-state index contributed by atoms with van der Waals surface area (Å²) in [5, 5.41) is 5.16. The van der Waals surface area contributed by atoms with Gasteiger partial charge in [0, 0.05) is 22.0 Å². The van der Waals surface area contributed by atoms with Gasteiger partial charge in [0.15, 0.2) is 0 Å². The molecule has 0 aliphatic carbocycles. The van der Waals surface area contributed by atoms with Gasteiger partial charge in [-0.2, -0.15) is 0 Å². The van der Waals surface area contributed by atoms with Gasteiger partial charge >= 0.3 is 0 Å². The molecule has 0 bridgehead atoms. The van der Waals surface area contributed by atoms with Gasteiger partial charge < -0.3 is 10.1 Å². The molecule has 3 aromatic rings. The highest BCUT2D eigenvalue weighted by Crippen LogP contribution is 2.23. The molecule has 1 amide bonds. The topological polar surface area (TPSA) is 38.3 Å². The van der Waals surface area contributed by atoms with Crippen molar-refractivity contribution in [3.05, 3.63) is 71.2 Å². The summed E-state index contributed by atoms with van der Waals surface area (Å²) in [7, 11) is 0. The van der Waals surface area contributed by atoms with Crippen molar-refractivity contribution in [1.29, 1.82) is 0 Å². The maximum absolute atomic E-state index is 12.1. The van der Waals surface area contributed by atoms with Crippen LogP contribution in [-0.2, 0) is 4.79 Å². The minimum absolute atomic E-state index is 0.00388. The molecule has 0 aliphatic heterocycles. The molecule has 0 unspecified atom stereocenters. The Morgan fingerprint density at radius 1 is 1.00 bits per heavy atom. The number of rotatable bonds is 6. The lowest BCUT2D eigenvalue weighted by Gasteiger charge is -2.09. The van der Waals surface area contributed by atoms with Gasteiger partial charge in [0.1, 0.15) is 5.75 Å². The van der Waals surface area contributed by atoms with Gasteiger partial charge in [-0.15, -0.1) is 0 Å². The number of ether oxygens (including phenoxy) is 1. The quantitative estimate of drug-likeness (QED) is 0.578. The molecule has 0 aromatic heterocycles. The van der Waals surface area contributed by atoms with Crippen molar-refractivity contribution in [2.75, 3.05) is 11.9 Å². The summed E-state index contributed by atoms with van der Waals surface area (Å²) in [5.41, 5.74) is 0.853. The van der Waals surface area contributed by atoms with Gasteiger partial charge in [-0.3, -0.25) is 4.79 Å². The first-order valence-corrected chi connectivity index (χ1v) is 8.68. The molecule has 3 nitrogen and oxygen atoms in total. The van der Waals surface area contributed by atoms with Crippen molar-refractivity contribution in [1.82, 2.24) is 0 Å². The van der Waals surface area contributed by atoms with Crippen LogP contribution in [0.2, 0.25) is 0 Å². The molecule has 0 heterocycles. The Morgan fingerprint density at radius 2 is 1.79 bits per heavy atom. The predicted octanol–water partition coefficient (Wildman–Crippen LogP) is 5.40. The van der Waals surface area contributed by atoms with Gasteiger partial charge in [-0.25, -0.2) is 0 Å². The lowest BCUT2D eigenvalue weighted by atomic mass is 10.1. The normalized spacial score (nSPS) is 10.5. The molecule has 1 N–H and O–H groups in total. The van der Waals surface area contributed by atoms with E-state index in [1.807, 2.05) is 66.7 Å². The number of anilines is 1. The molecule has 0 aliphatic rings. The number of hydrogen-bond donors (Lipinski definition) is 1. The van der Waals surface area contributed by atoms with E-state index in [9.17, 15) is 4.79 Å². The fraction of sp³-hybridized carbons (Fsp3) is 0.150. The second kappa shape index (κ2) is 7.97. The molecule has 4 heteroatoms. The maximum atomic E-state index is 12.1. The predicted molar refractivity (Wildman–Crippen MR) is 101 cm³/mol. The van der Waals surface area contributed by atoms with Crippen molar-refractivity contribution in [2.45, 2.75) is 12.8 Å². The Bertz CT molecular complexity index is 842. The minimum atomic E-state index is 0.00388. The molecule has 3 rings (SSSR count). The highest BCUT2D eigenvalue weighted by atomic mass is 79.9. The first kappa shape index (κ1) is 16.5. The van der Waals surface area contributed by atoms with Gasteiger partial charge in [-0.1, -0.05) is 58.4 Å². The molecular weight excluding hydrogens is 366 g/mol. The van der Waals surface area contributed by atoms with Crippen LogP contribution in [0.3, 0.4) is 0 Å². The molecule has 0 saturated carbocycles. The summed E-state index contributed by atoms with van der Waals surface area (Å²) in [6.07, 6.45) is 1.10. The molecular formula is C20H18BrNO2. The number of hydrogen-bond acceptors (Lipinski definition) is 2. The molecule has 122 valence electrons. The SMILES string of the molecule is O=C(CCCOc1cccc(Br)c1)Nc1cccc2ccccc12. The van der Waals surface area contributed by atoms with Crippen LogP contribution < -0.4 is 10.1 Å². The highest BCUT2D eigenvalue weighted by Gasteiger charge is 2.05. The second-order valence-corrected chi connectivity index (χ2v) is 6.40. The number of carbonyl (C=O) groups excluding carboxylic acids is 1. The molecule has 0 radical (unpaired) electrons. The third-order valence-corrected chi connectivity index (χ3v) is 4.17. The smallest absolute Gasteiger partial charge is 0.224 e. The van der Waals surface area contributed by atoms with Crippen molar-refractivity contribution in [2.24, 2.45) is 0 Å². The zero-order valence-electron chi connectivity index (χ0n) is 13.2.